The second-order valence-corrected chi connectivity index (χ2v) is 4.39. The van der Waals surface area contributed by atoms with Gasteiger partial charge in [0.2, 0.25) is 5.78 Å². The largest absolute Gasteiger partial charge is 0.433 e. The number of nitriles is 1. The van der Waals surface area contributed by atoms with Crippen molar-refractivity contribution in [3.05, 3.63) is 62.6 Å². The van der Waals surface area contributed by atoms with Crippen molar-refractivity contribution in [2.24, 2.45) is 0 Å². The summed E-state index contributed by atoms with van der Waals surface area (Å²) in [5.74, 6) is -3.70. The van der Waals surface area contributed by atoms with Crippen LogP contribution in [0, 0.1) is 27.3 Å². The average molecular weight is 309 g/mol. The molecule has 21 heavy (non-hydrogen) atoms. The fraction of sp³-hybridized carbons (Fsp3) is 0.0769. The molecule has 6 nitrogen and oxygen atoms in total. The van der Waals surface area contributed by atoms with E-state index in [0.717, 1.165) is 24.3 Å². The number of benzene rings is 1. The standard InChI is InChI=1S/C13H6ClFN2O4/c14-10-5-7(15)1-2-8(10)9(6-16)13(18)11-3-4-12(21-11)17(19)20/h1-5,9H. The molecule has 0 amide bonds. The number of Topliss-reactive ketones (excluding diaryl/α,β-unsaturated/α-hetero) is 1. The molecule has 106 valence electrons. The van der Waals surface area contributed by atoms with Crippen molar-refractivity contribution in [3.63, 3.8) is 0 Å². The molecule has 1 aromatic heterocycles. The zero-order valence-electron chi connectivity index (χ0n) is 10.2. The van der Waals surface area contributed by atoms with Crippen LogP contribution in [0.4, 0.5) is 10.3 Å². The number of carbonyl (C=O) groups is 1. The molecule has 0 saturated heterocycles. The van der Waals surface area contributed by atoms with Crippen molar-refractivity contribution in [2.75, 3.05) is 0 Å². The number of ketones is 1. The van der Waals surface area contributed by atoms with E-state index >= 15 is 0 Å². The SMILES string of the molecule is N#CC(C(=O)c1ccc([N+](=O)[O-])o1)c1ccc(F)cc1Cl. The Kier molecular flexibility index (Phi) is 4.00. The lowest BCUT2D eigenvalue weighted by atomic mass is 9.95. The van der Waals surface area contributed by atoms with E-state index in [1.807, 2.05) is 0 Å². The molecule has 0 aliphatic carbocycles. The predicted molar refractivity (Wildman–Crippen MR) is 69.5 cm³/mol. The van der Waals surface area contributed by atoms with Gasteiger partial charge in [0.1, 0.15) is 16.7 Å². The second kappa shape index (κ2) is 5.73. The third-order valence-electron chi connectivity index (χ3n) is 2.68. The quantitative estimate of drug-likeness (QED) is 0.489. The Morgan fingerprint density at radius 3 is 2.67 bits per heavy atom. The minimum atomic E-state index is -1.34. The van der Waals surface area contributed by atoms with Gasteiger partial charge >= 0.3 is 5.88 Å². The number of nitrogens with zero attached hydrogens (tertiary/aromatic N) is 2. The van der Waals surface area contributed by atoms with Crippen LogP contribution in [-0.2, 0) is 0 Å². The van der Waals surface area contributed by atoms with Crippen LogP contribution in [0.1, 0.15) is 22.0 Å². The maximum atomic E-state index is 13.0. The average Bonchev–Trinajstić information content (AvgIpc) is 2.91. The maximum Gasteiger partial charge on any atom is 0.433 e. The fourth-order valence-electron chi connectivity index (χ4n) is 1.71. The molecule has 1 heterocycles. The van der Waals surface area contributed by atoms with Gasteiger partial charge in [0.25, 0.3) is 0 Å². The molecule has 2 rings (SSSR count). The molecule has 0 N–H and O–H groups in total. The minimum Gasteiger partial charge on any atom is -0.397 e. The number of hydrogen-bond acceptors (Lipinski definition) is 5. The van der Waals surface area contributed by atoms with Gasteiger partial charge in [0, 0.05) is 5.02 Å². The van der Waals surface area contributed by atoms with E-state index in [1.165, 1.54) is 6.07 Å². The highest BCUT2D eigenvalue weighted by Gasteiger charge is 2.28. The number of rotatable bonds is 4. The molecule has 0 fully saturated rings. The summed E-state index contributed by atoms with van der Waals surface area (Å²) in [4.78, 5) is 21.9. The van der Waals surface area contributed by atoms with E-state index < -0.39 is 28.3 Å². The highest BCUT2D eigenvalue weighted by molar-refractivity contribution is 6.31. The highest BCUT2D eigenvalue weighted by atomic mass is 35.5. The minimum absolute atomic E-state index is 0.0871. The normalized spacial score (nSPS) is 11.7. The second-order valence-electron chi connectivity index (χ2n) is 3.99. The molecule has 1 atom stereocenters. The van der Waals surface area contributed by atoms with Crippen molar-refractivity contribution in [2.45, 2.75) is 5.92 Å². The molecule has 8 heteroatoms. The van der Waals surface area contributed by atoms with Crippen LogP contribution in [0.15, 0.2) is 34.7 Å². The molecule has 2 aromatic rings. The number of carbonyl (C=O) groups excluding carboxylic acids is 1. The molecule has 0 aliphatic rings. The topological polar surface area (TPSA) is 97.1 Å². The van der Waals surface area contributed by atoms with Crippen molar-refractivity contribution >= 4 is 23.3 Å². The maximum absolute atomic E-state index is 13.0. The van der Waals surface area contributed by atoms with E-state index in [4.69, 9.17) is 21.3 Å². The molecule has 0 aliphatic heterocycles. The number of halogens is 2. The first-order valence-electron chi connectivity index (χ1n) is 5.57. The first kappa shape index (κ1) is 14.7. The monoisotopic (exact) mass is 308 g/mol. The van der Waals surface area contributed by atoms with Crippen LogP contribution in [0.25, 0.3) is 0 Å². The summed E-state index contributed by atoms with van der Waals surface area (Å²) < 4.78 is 17.7. The Hall–Kier alpha value is -2.72. The molecule has 0 saturated carbocycles. The third kappa shape index (κ3) is 2.90. The smallest absolute Gasteiger partial charge is 0.397 e. The van der Waals surface area contributed by atoms with Gasteiger partial charge in [-0.3, -0.25) is 14.9 Å². The van der Waals surface area contributed by atoms with Crippen LogP contribution in [0.3, 0.4) is 0 Å². The molecule has 1 aromatic carbocycles. The number of nitro groups is 1. The Balaban J connectivity index is 2.38. The fourth-order valence-corrected chi connectivity index (χ4v) is 1.98. The lowest BCUT2D eigenvalue weighted by Gasteiger charge is -2.08. The van der Waals surface area contributed by atoms with Crippen molar-refractivity contribution in [3.8, 4) is 6.07 Å². The molecular formula is C13H6ClFN2O4. The highest BCUT2D eigenvalue weighted by Crippen LogP contribution is 2.29. The third-order valence-corrected chi connectivity index (χ3v) is 3.01. The molecule has 1 unspecified atom stereocenters. The van der Waals surface area contributed by atoms with Gasteiger partial charge in [-0.25, -0.2) is 4.39 Å². The van der Waals surface area contributed by atoms with E-state index in [-0.39, 0.29) is 16.3 Å². The van der Waals surface area contributed by atoms with Crippen molar-refractivity contribution in [1.82, 2.24) is 0 Å². The molecule has 0 radical (unpaired) electrons. The summed E-state index contributed by atoms with van der Waals surface area (Å²) in [6.45, 7) is 0. The van der Waals surface area contributed by atoms with E-state index in [1.54, 1.807) is 6.07 Å². The first-order chi connectivity index (χ1) is 9.93. The Morgan fingerprint density at radius 2 is 2.14 bits per heavy atom. The molecular weight excluding hydrogens is 303 g/mol. The zero-order valence-corrected chi connectivity index (χ0v) is 11.0. The van der Waals surface area contributed by atoms with Crippen LogP contribution in [0.5, 0.6) is 0 Å². The van der Waals surface area contributed by atoms with E-state index in [2.05, 4.69) is 0 Å². The summed E-state index contributed by atoms with van der Waals surface area (Å²) in [5.41, 5.74) is 0.101. The number of hydrogen-bond donors (Lipinski definition) is 0. The summed E-state index contributed by atoms with van der Waals surface area (Å²) in [5, 5.41) is 19.5. The predicted octanol–water partition coefficient (Wildman–Crippen LogP) is 3.47. The van der Waals surface area contributed by atoms with Gasteiger partial charge in [0.15, 0.2) is 5.76 Å². The summed E-state index contributed by atoms with van der Waals surface area (Å²) in [7, 11) is 0. The van der Waals surface area contributed by atoms with E-state index in [0.29, 0.717) is 0 Å². The van der Waals surface area contributed by atoms with Gasteiger partial charge in [0.05, 0.1) is 12.1 Å². The van der Waals surface area contributed by atoms with Crippen molar-refractivity contribution < 1.29 is 18.5 Å². The number of furan rings is 1. The van der Waals surface area contributed by atoms with Crippen LogP contribution in [0.2, 0.25) is 5.02 Å². The van der Waals surface area contributed by atoms with Gasteiger partial charge in [-0.2, -0.15) is 5.26 Å². The van der Waals surface area contributed by atoms with E-state index in [9.17, 15) is 19.3 Å². The van der Waals surface area contributed by atoms with Gasteiger partial charge in [-0.1, -0.05) is 17.7 Å². The van der Waals surface area contributed by atoms with Crippen LogP contribution >= 0.6 is 11.6 Å². The van der Waals surface area contributed by atoms with Crippen molar-refractivity contribution in [1.29, 1.82) is 5.26 Å². The first-order valence-corrected chi connectivity index (χ1v) is 5.95. The van der Waals surface area contributed by atoms with Gasteiger partial charge < -0.3 is 4.42 Å². The van der Waals surface area contributed by atoms with Gasteiger partial charge in [-0.05, 0) is 23.8 Å². The van der Waals surface area contributed by atoms with Crippen LogP contribution in [-0.4, -0.2) is 10.7 Å². The zero-order chi connectivity index (χ0) is 15.6. The summed E-state index contributed by atoms with van der Waals surface area (Å²) >= 11 is 5.81. The molecule has 0 spiro atoms. The Labute approximate surface area is 122 Å². The van der Waals surface area contributed by atoms with Crippen LogP contribution < -0.4 is 0 Å². The lowest BCUT2D eigenvalue weighted by Crippen LogP contribution is -2.11. The van der Waals surface area contributed by atoms with Gasteiger partial charge in [-0.15, -0.1) is 0 Å². The summed E-state index contributed by atoms with van der Waals surface area (Å²) in [6, 6.07) is 7.08. The lowest BCUT2D eigenvalue weighted by molar-refractivity contribution is -0.402. The molecule has 0 bridgehead atoms. The Bertz CT molecular complexity index is 766. The Morgan fingerprint density at radius 1 is 1.43 bits per heavy atom. The summed E-state index contributed by atoms with van der Waals surface area (Å²) in [6.07, 6.45) is 0.